The second-order valence-corrected chi connectivity index (χ2v) is 7.70. The molecule has 7 nitrogen and oxygen atoms in total. The van der Waals surface area contributed by atoms with Crippen molar-refractivity contribution in [3.63, 3.8) is 0 Å². The van der Waals surface area contributed by atoms with Gasteiger partial charge in [0.1, 0.15) is 11.5 Å². The van der Waals surface area contributed by atoms with E-state index in [2.05, 4.69) is 5.32 Å². The number of nitrogen functional groups attached to an aromatic ring is 2. The van der Waals surface area contributed by atoms with Crippen molar-refractivity contribution in [3.05, 3.63) is 82.4 Å². The monoisotopic (exact) mass is 445 g/mol. The van der Waals surface area contributed by atoms with E-state index in [0.717, 1.165) is 6.42 Å². The number of nitrogens with one attached hydrogen (secondary N) is 1. The molecule has 7 heteroatoms. The lowest BCUT2D eigenvalue weighted by atomic mass is 9.77. The largest absolute Gasteiger partial charge is 0.456 e. The van der Waals surface area contributed by atoms with Crippen molar-refractivity contribution < 1.29 is 19.1 Å². The van der Waals surface area contributed by atoms with Crippen LogP contribution in [-0.4, -0.2) is 18.4 Å². The second kappa shape index (κ2) is 8.50. The predicted octanol–water partition coefficient (Wildman–Crippen LogP) is 4.59. The molecule has 0 radical (unpaired) electrons. The first-order valence-electron chi connectivity index (χ1n) is 11.1. The summed E-state index contributed by atoms with van der Waals surface area (Å²) in [7, 11) is 0. The molecule has 2 aliphatic heterocycles. The smallest absolute Gasteiger partial charge is 0.340 e. The number of esters is 1. The molecule has 2 aliphatic rings. The second-order valence-electron chi connectivity index (χ2n) is 7.70. The van der Waals surface area contributed by atoms with Crippen LogP contribution in [0.5, 0.6) is 11.5 Å². The zero-order chi connectivity index (χ0) is 23.8. The lowest BCUT2D eigenvalue weighted by molar-refractivity contribution is 0.0224. The number of rotatable bonds is 3. The highest BCUT2D eigenvalue weighted by Gasteiger charge is 2.53. The van der Waals surface area contributed by atoms with E-state index in [1.54, 1.807) is 54.6 Å². The van der Waals surface area contributed by atoms with Crippen LogP contribution < -0.4 is 21.5 Å². The minimum atomic E-state index is -1.27. The third kappa shape index (κ3) is 3.46. The van der Waals surface area contributed by atoms with Crippen LogP contribution in [0.15, 0.2) is 54.6 Å². The third-order valence-corrected chi connectivity index (χ3v) is 5.65. The molecule has 2 heterocycles. The van der Waals surface area contributed by atoms with Crippen LogP contribution in [0.4, 0.5) is 11.4 Å². The average molecular weight is 446 g/mol. The Morgan fingerprint density at radius 1 is 0.909 bits per heavy atom. The van der Waals surface area contributed by atoms with Crippen molar-refractivity contribution in [2.45, 2.75) is 32.8 Å². The lowest BCUT2D eigenvalue weighted by Crippen LogP contribution is -2.33. The minimum Gasteiger partial charge on any atom is -0.456 e. The molecule has 0 fully saturated rings. The number of ether oxygens (including phenoxy) is 2. The number of carbonyl (C=O) groups excluding carboxylic acids is 2. The number of hydrogen-bond acceptors (Lipinski definition) is 6. The van der Waals surface area contributed by atoms with Crippen molar-refractivity contribution in [2.75, 3.05) is 18.0 Å². The van der Waals surface area contributed by atoms with Gasteiger partial charge in [-0.25, -0.2) is 4.79 Å². The first-order chi connectivity index (χ1) is 15.9. The van der Waals surface area contributed by atoms with Crippen molar-refractivity contribution >= 4 is 23.3 Å². The highest BCUT2D eigenvalue weighted by molar-refractivity contribution is 6.00. The van der Waals surface area contributed by atoms with Gasteiger partial charge < -0.3 is 26.3 Å². The van der Waals surface area contributed by atoms with Gasteiger partial charge in [-0.05, 0) is 48.9 Å². The summed E-state index contributed by atoms with van der Waals surface area (Å²) in [4.78, 5) is 25.6. The Hall–Kier alpha value is -4.00. The molecule has 0 aliphatic carbocycles. The summed E-state index contributed by atoms with van der Waals surface area (Å²) < 4.78 is 12.2. The molecule has 0 saturated carbocycles. The summed E-state index contributed by atoms with van der Waals surface area (Å²) in [5, 5.41) is 2.87. The van der Waals surface area contributed by atoms with E-state index in [1.165, 1.54) is 0 Å². The van der Waals surface area contributed by atoms with E-state index >= 15 is 0 Å². The van der Waals surface area contributed by atoms with E-state index in [0.29, 0.717) is 57.2 Å². The Morgan fingerprint density at radius 2 is 1.52 bits per heavy atom. The first kappa shape index (κ1) is 22.2. The van der Waals surface area contributed by atoms with Gasteiger partial charge in [0.15, 0.2) is 5.60 Å². The standard InChI is InChI=1S/C24H21N3O4.C2H6/c1-2-9-27-22(28)13-3-6-16-19(10-13)24(31-23(16)29)17-7-4-14(25)11-20(17)30-21-12-15(26)5-8-18(21)24;1-2/h3-8,10-12H,2,9,25-26H2,1H3,(H,27,28);1-2H3. The molecule has 0 unspecified atom stereocenters. The van der Waals surface area contributed by atoms with E-state index in [1.807, 2.05) is 20.8 Å². The normalized spacial score (nSPS) is 14.1. The maximum atomic E-state index is 12.9. The third-order valence-electron chi connectivity index (χ3n) is 5.65. The van der Waals surface area contributed by atoms with Crippen LogP contribution in [0.25, 0.3) is 0 Å². The highest BCUT2D eigenvalue weighted by Crippen LogP contribution is 2.56. The van der Waals surface area contributed by atoms with Gasteiger partial charge in [0, 0.05) is 52.3 Å². The van der Waals surface area contributed by atoms with Crippen molar-refractivity contribution in [1.82, 2.24) is 5.32 Å². The maximum Gasteiger partial charge on any atom is 0.340 e. The van der Waals surface area contributed by atoms with Gasteiger partial charge in [0.05, 0.1) is 5.56 Å². The number of amides is 1. The summed E-state index contributed by atoms with van der Waals surface area (Å²) in [5.74, 6) is 0.267. The molecule has 0 aromatic heterocycles. The number of carbonyl (C=O) groups is 2. The zero-order valence-electron chi connectivity index (χ0n) is 18.9. The topological polar surface area (TPSA) is 117 Å². The first-order valence-corrected chi connectivity index (χ1v) is 11.1. The molecule has 5 rings (SSSR count). The van der Waals surface area contributed by atoms with Gasteiger partial charge >= 0.3 is 5.97 Å². The molecule has 0 bridgehead atoms. The number of benzene rings is 3. The quantitative estimate of drug-likeness (QED) is 0.401. The fraction of sp³-hybridized carbons (Fsp3) is 0.231. The summed E-state index contributed by atoms with van der Waals surface area (Å²) in [6, 6.07) is 15.4. The summed E-state index contributed by atoms with van der Waals surface area (Å²) >= 11 is 0. The number of fused-ring (bicyclic) bond motifs is 6. The molecule has 0 atom stereocenters. The molecular weight excluding hydrogens is 418 g/mol. The van der Waals surface area contributed by atoms with Crippen LogP contribution >= 0.6 is 0 Å². The van der Waals surface area contributed by atoms with E-state index in [-0.39, 0.29) is 5.91 Å². The maximum absolute atomic E-state index is 12.9. The van der Waals surface area contributed by atoms with E-state index in [9.17, 15) is 9.59 Å². The van der Waals surface area contributed by atoms with E-state index < -0.39 is 11.6 Å². The predicted molar refractivity (Wildman–Crippen MR) is 127 cm³/mol. The summed E-state index contributed by atoms with van der Waals surface area (Å²) in [5.41, 5.74) is 14.4. The molecule has 170 valence electrons. The van der Waals surface area contributed by atoms with Crippen LogP contribution in [0.1, 0.15) is 64.6 Å². The number of hydrogen-bond donors (Lipinski definition) is 3. The van der Waals surface area contributed by atoms with Gasteiger partial charge in [-0.1, -0.05) is 20.8 Å². The molecule has 1 spiro atoms. The van der Waals surface area contributed by atoms with Crippen molar-refractivity contribution in [3.8, 4) is 11.5 Å². The Labute approximate surface area is 192 Å². The van der Waals surface area contributed by atoms with Crippen LogP contribution in [-0.2, 0) is 10.3 Å². The Kier molecular flexibility index (Phi) is 5.72. The molecular formula is C26H27N3O4. The van der Waals surface area contributed by atoms with Gasteiger partial charge in [-0.2, -0.15) is 0 Å². The van der Waals surface area contributed by atoms with Crippen molar-refractivity contribution in [2.24, 2.45) is 0 Å². The lowest BCUT2D eigenvalue weighted by Gasteiger charge is -2.36. The van der Waals surface area contributed by atoms with Gasteiger partial charge in [0.25, 0.3) is 5.91 Å². The summed E-state index contributed by atoms with van der Waals surface area (Å²) in [6.07, 6.45) is 0.823. The molecule has 33 heavy (non-hydrogen) atoms. The van der Waals surface area contributed by atoms with Gasteiger partial charge in [0.2, 0.25) is 0 Å². The molecule has 3 aromatic carbocycles. The molecule has 5 N–H and O–H groups in total. The number of anilines is 2. The number of nitrogens with two attached hydrogens (primary N) is 2. The summed E-state index contributed by atoms with van der Waals surface area (Å²) in [6.45, 7) is 6.55. The highest BCUT2D eigenvalue weighted by atomic mass is 16.6. The minimum absolute atomic E-state index is 0.207. The van der Waals surface area contributed by atoms with Gasteiger partial charge in [-0.15, -0.1) is 0 Å². The average Bonchev–Trinajstić information content (AvgIpc) is 3.10. The molecule has 1 amide bonds. The molecule has 3 aromatic rings. The van der Waals surface area contributed by atoms with Crippen LogP contribution in [0, 0.1) is 0 Å². The van der Waals surface area contributed by atoms with Crippen molar-refractivity contribution in [1.29, 1.82) is 0 Å². The van der Waals surface area contributed by atoms with Gasteiger partial charge in [-0.3, -0.25) is 4.79 Å². The molecule has 0 saturated heterocycles. The Balaban J connectivity index is 0.00000126. The van der Waals surface area contributed by atoms with Crippen LogP contribution in [0.2, 0.25) is 0 Å². The fourth-order valence-electron chi connectivity index (χ4n) is 4.24. The Bertz CT molecular complexity index is 1200. The van der Waals surface area contributed by atoms with Crippen LogP contribution in [0.3, 0.4) is 0 Å². The zero-order valence-corrected chi connectivity index (χ0v) is 18.9. The fourth-order valence-corrected chi connectivity index (χ4v) is 4.24. The Morgan fingerprint density at radius 3 is 2.09 bits per heavy atom. The SMILES string of the molecule is CC.CCCNC(=O)c1ccc2c(c1)C1(OC2=O)c2ccc(N)cc2Oc2cc(N)ccc21. The van der Waals surface area contributed by atoms with E-state index in [4.69, 9.17) is 20.9 Å².